The van der Waals surface area contributed by atoms with Gasteiger partial charge in [0.05, 0.1) is 0 Å². The number of aromatic nitrogens is 8. The van der Waals surface area contributed by atoms with Gasteiger partial charge in [-0.3, -0.25) is 0 Å². The van der Waals surface area contributed by atoms with Gasteiger partial charge in [0.1, 0.15) is 0 Å². The molecule has 16 rings (SSSR count). The largest absolute Gasteiger partial charge is 0.393 e. The molecule has 4 aromatic heterocycles. The van der Waals surface area contributed by atoms with Crippen LogP contribution in [-0.4, -0.2) is 53.0 Å². The summed E-state index contributed by atoms with van der Waals surface area (Å²) in [6.07, 6.45) is 2.78. The molecule has 0 radical (unpaired) electrons. The van der Waals surface area contributed by atoms with Crippen molar-refractivity contribution in [3.05, 3.63) is 447 Å². The Morgan fingerprint density at radius 1 is 0.193 bits per heavy atom. The number of hydrogen-bond donors (Lipinski definition) is 0. The van der Waals surface area contributed by atoms with E-state index in [9.17, 15) is 0 Å². The molecule has 0 aliphatic rings. The first-order chi connectivity index (χ1) is 63.6. The van der Waals surface area contributed by atoms with Crippen molar-refractivity contribution >= 4 is 23.8 Å². The number of benzene rings is 12. The van der Waals surface area contributed by atoms with Gasteiger partial charge in [-0.05, 0) is 274 Å². The van der Waals surface area contributed by atoms with Crippen LogP contribution in [0, 0.1) is 180 Å². The second-order valence-corrected chi connectivity index (χ2v) is 36.0. The molecular formula is C121H128Hf2N12-8. The van der Waals surface area contributed by atoms with Gasteiger partial charge in [0, 0.05) is 123 Å². The van der Waals surface area contributed by atoms with Crippen LogP contribution >= 0.6 is 0 Å². The molecule has 0 atom stereocenters. The first-order valence-corrected chi connectivity index (χ1v) is 46.0. The normalized spacial score (nSPS) is 10.7. The van der Waals surface area contributed by atoms with Gasteiger partial charge in [-0.1, -0.05) is 260 Å². The molecule has 0 saturated carbocycles. The third-order valence-corrected chi connectivity index (χ3v) is 23.6. The summed E-state index contributed by atoms with van der Waals surface area (Å²) in [4.78, 5) is 39.5. The minimum Gasteiger partial charge on any atom is -0.393 e. The minimum atomic E-state index is 0. The minimum absolute atomic E-state index is 0. The van der Waals surface area contributed by atoms with Gasteiger partial charge >= 0.3 is 0 Å². The van der Waals surface area contributed by atoms with E-state index in [1.165, 1.54) is 111 Å². The summed E-state index contributed by atoms with van der Waals surface area (Å²) in [5.74, 6) is 2.07. The molecule has 688 valence electrons. The monoisotopic (exact) mass is 2110 g/mol. The number of hydrogen-bond acceptors (Lipinski definition) is 8. The van der Waals surface area contributed by atoms with Crippen LogP contribution in [0.1, 0.15) is 175 Å². The Labute approximate surface area is 843 Å². The Balaban J connectivity index is 0.000000201. The summed E-state index contributed by atoms with van der Waals surface area (Å²) in [6.45, 7) is 65.6. The number of unbranched alkanes of at least 4 members (excludes halogenated alkanes) is 2. The Morgan fingerprint density at radius 2 is 0.363 bits per heavy atom. The molecule has 0 saturated heterocycles. The van der Waals surface area contributed by atoms with Crippen LogP contribution in [0.4, 0.5) is 23.8 Å². The van der Waals surface area contributed by atoms with E-state index in [0.717, 1.165) is 154 Å². The standard InChI is InChI=1S/C49H55N6.C29H30N3.C29H29N3.2C7H7.2Hf/c1-28-18-32(5)44(33(6)19-28)40-26-41(45-34(7)20-29(2)21-35(45)8)53-48(52-40)50-16-14-13-15-17-51-49-54-42(46-36(9)22-30(3)23-37(46)10)27-43(55-49)47-38(11)24-31(4)25-39(47)12;2*1-18-12-20(3)27(21(4)13-18)25-16-26(28-22(5)14-19(2)15-23(28)6)32-29(31-25)30-17-24-10-8-7-9-11-24;2*1-7-5-3-2-4-6-7;;/h18-27H,5,13-17H2,1-4,6-12H3;7-16H,17H2,1-6H3;7-16H,3,17H2,1-2,4-6H3;2*2-6H,1H2;;/q-3;-1;-2;2*-1;;. The quantitative estimate of drug-likeness (QED) is 0.0368. The molecule has 0 aliphatic heterocycles. The van der Waals surface area contributed by atoms with Crippen molar-refractivity contribution in [3.63, 3.8) is 0 Å². The molecule has 0 N–H and O–H groups in total. The van der Waals surface area contributed by atoms with Crippen LogP contribution in [0.15, 0.2) is 243 Å². The molecule has 14 heteroatoms. The molecule has 0 amide bonds. The van der Waals surface area contributed by atoms with Gasteiger partial charge in [-0.2, -0.15) is 86.3 Å². The summed E-state index contributed by atoms with van der Waals surface area (Å²) in [6, 6.07) is 83.8. The Kier molecular flexibility index (Phi) is 37.6. The van der Waals surface area contributed by atoms with E-state index in [-0.39, 0.29) is 51.7 Å². The smallest absolute Gasteiger partial charge is 0.0246 e. The SMILES string of the molecule is Cc1cc(C)c(-c2cc(-c3c(C)cc(C)cc3C)nc([N-]Cc3ccccc3)n2)c(C)c1.[CH2-]c1cc(C)cc(C)c1-c1cc(-c2c(C)cc(C)cc2C)nc([N-]CCCCC[N-]c2nc(-c3c(C)cc(C)cc3C)cc(-c3c(C)cc(C)cc3C)n2)n1.[CH2-]c1cc(C)cc(C)c1-c1cc(-c2c(C)cc(C)cc2C)nc([N-]Cc2ccccc2)n1.[CH2-]c1ccccc1.[CH2-]c1ccccc1.[Hf].[Hf]. The second kappa shape index (κ2) is 48.5. The zero-order valence-corrected chi connectivity index (χ0v) is 90.4. The molecule has 0 fully saturated rings. The molecule has 0 bridgehead atoms. The molecule has 4 heterocycles. The van der Waals surface area contributed by atoms with Gasteiger partial charge in [-0.25, -0.2) is 0 Å². The van der Waals surface area contributed by atoms with Crippen LogP contribution in [0.2, 0.25) is 0 Å². The van der Waals surface area contributed by atoms with Crippen molar-refractivity contribution < 1.29 is 51.7 Å². The van der Waals surface area contributed by atoms with Gasteiger partial charge < -0.3 is 61.1 Å². The van der Waals surface area contributed by atoms with E-state index in [4.69, 9.17) is 61.1 Å². The fourth-order valence-electron chi connectivity index (χ4n) is 18.6. The predicted molar refractivity (Wildman–Crippen MR) is 563 cm³/mol. The van der Waals surface area contributed by atoms with Crippen molar-refractivity contribution in [1.82, 2.24) is 39.9 Å². The van der Waals surface area contributed by atoms with Crippen molar-refractivity contribution in [2.45, 2.75) is 185 Å². The second-order valence-electron chi connectivity index (χ2n) is 36.0. The van der Waals surface area contributed by atoms with Crippen LogP contribution in [0.3, 0.4) is 0 Å². The fraction of sp³-hybridized carbons (Fsp3) is 0.240. The van der Waals surface area contributed by atoms with Gasteiger partial charge in [-0.15, -0.1) is 46.5 Å². The molecule has 135 heavy (non-hydrogen) atoms. The summed E-state index contributed by atoms with van der Waals surface area (Å²) >= 11 is 0. The van der Waals surface area contributed by atoms with Crippen molar-refractivity contribution in [2.24, 2.45) is 0 Å². The maximum atomic E-state index is 5.01. The van der Waals surface area contributed by atoms with Crippen molar-refractivity contribution in [3.8, 4) is 90.1 Å². The zero-order chi connectivity index (χ0) is 95.4. The van der Waals surface area contributed by atoms with E-state index in [1.807, 2.05) is 97.1 Å². The summed E-state index contributed by atoms with van der Waals surface area (Å²) in [7, 11) is 0. The molecule has 12 nitrogen and oxygen atoms in total. The van der Waals surface area contributed by atoms with Crippen LogP contribution in [-0.2, 0) is 64.8 Å². The van der Waals surface area contributed by atoms with Gasteiger partial charge in [0.25, 0.3) is 0 Å². The van der Waals surface area contributed by atoms with Gasteiger partial charge in [0.2, 0.25) is 0 Å². The van der Waals surface area contributed by atoms with E-state index < -0.39 is 0 Å². The zero-order valence-electron chi connectivity index (χ0n) is 83.2. The van der Waals surface area contributed by atoms with Gasteiger partial charge in [0.15, 0.2) is 0 Å². The summed E-state index contributed by atoms with van der Waals surface area (Å²) in [5, 5.41) is 19.4. The average Bonchev–Trinajstić information content (AvgIpc) is 0.790. The maximum Gasteiger partial charge on any atom is 0.0246 e. The number of rotatable bonds is 22. The van der Waals surface area contributed by atoms with E-state index in [1.54, 1.807) is 0 Å². The van der Waals surface area contributed by atoms with E-state index in [0.29, 0.717) is 50.0 Å². The van der Waals surface area contributed by atoms with Crippen molar-refractivity contribution in [1.29, 1.82) is 0 Å². The van der Waals surface area contributed by atoms with Crippen LogP contribution in [0.25, 0.3) is 111 Å². The molecule has 0 aliphatic carbocycles. The number of aryl methyl sites for hydroxylation is 22. The third-order valence-electron chi connectivity index (χ3n) is 23.6. The Bertz CT molecular complexity index is 5890. The molecular weight excluding hydrogens is 1980 g/mol. The van der Waals surface area contributed by atoms with E-state index in [2.05, 4.69) is 326 Å². The predicted octanol–water partition coefficient (Wildman–Crippen LogP) is 32.7. The molecule has 12 aromatic carbocycles. The van der Waals surface area contributed by atoms with Crippen LogP contribution < -0.4 is 0 Å². The Morgan fingerprint density at radius 3 is 0.548 bits per heavy atom. The topological polar surface area (TPSA) is 160 Å². The molecule has 0 spiro atoms. The third kappa shape index (κ3) is 28.3. The molecule has 0 unspecified atom stereocenters. The fourth-order valence-corrected chi connectivity index (χ4v) is 18.6. The Hall–Kier alpha value is -12.6. The average molecular weight is 2110 g/mol. The van der Waals surface area contributed by atoms with Crippen molar-refractivity contribution in [2.75, 3.05) is 13.1 Å². The van der Waals surface area contributed by atoms with Crippen LogP contribution in [0.5, 0.6) is 0 Å². The first-order valence-electron chi connectivity index (χ1n) is 46.0. The maximum absolute atomic E-state index is 5.01. The summed E-state index contributed by atoms with van der Waals surface area (Å²) < 4.78 is 0. The van der Waals surface area contributed by atoms with E-state index >= 15 is 0 Å². The number of nitrogens with zero attached hydrogens (tertiary/aromatic N) is 12. The first kappa shape index (κ1) is 104. The summed E-state index contributed by atoms with van der Waals surface area (Å²) in [5.41, 5.74) is 49.3. The molecule has 16 aromatic rings.